The molecule has 0 radical (unpaired) electrons. The van der Waals surface area contributed by atoms with Crippen molar-refractivity contribution < 1.29 is 9.47 Å². The maximum Gasteiger partial charge on any atom is 0.123 e. The summed E-state index contributed by atoms with van der Waals surface area (Å²) in [5.74, 6) is 1.74. The number of hydrogen-bond acceptors (Lipinski definition) is 4. The summed E-state index contributed by atoms with van der Waals surface area (Å²) in [4.78, 5) is 2.53. The fraction of sp³-hybridized carbons (Fsp3) is 0.647. The molecule has 1 atom stereocenters. The maximum absolute atomic E-state index is 6.13. The van der Waals surface area contributed by atoms with Gasteiger partial charge in [0.25, 0.3) is 0 Å². The Kier molecular flexibility index (Phi) is 5.88. The van der Waals surface area contributed by atoms with E-state index in [2.05, 4.69) is 17.9 Å². The second-order valence-corrected chi connectivity index (χ2v) is 5.63. The van der Waals surface area contributed by atoms with Gasteiger partial charge in [-0.25, -0.2) is 0 Å². The average molecular weight is 292 g/mol. The summed E-state index contributed by atoms with van der Waals surface area (Å²) in [6.45, 7) is 3.81. The van der Waals surface area contributed by atoms with E-state index in [1.807, 2.05) is 12.1 Å². The SMILES string of the molecule is CCN(C1CCCC1)C(CN)c1cc(OC)ccc1OC. The molecule has 0 bridgehead atoms. The van der Waals surface area contributed by atoms with Crippen LogP contribution in [-0.2, 0) is 0 Å². The smallest absolute Gasteiger partial charge is 0.123 e. The molecule has 1 aliphatic rings. The fourth-order valence-electron chi connectivity index (χ4n) is 3.51. The van der Waals surface area contributed by atoms with Crippen LogP contribution in [0.5, 0.6) is 11.5 Å². The minimum absolute atomic E-state index is 0.183. The lowest BCUT2D eigenvalue weighted by atomic mass is 10.0. The lowest BCUT2D eigenvalue weighted by Crippen LogP contribution is -2.40. The highest BCUT2D eigenvalue weighted by Crippen LogP contribution is 2.36. The molecular weight excluding hydrogens is 264 g/mol. The van der Waals surface area contributed by atoms with Gasteiger partial charge in [0.2, 0.25) is 0 Å². The molecule has 4 nitrogen and oxygen atoms in total. The minimum Gasteiger partial charge on any atom is -0.497 e. The molecule has 4 heteroatoms. The standard InChI is InChI=1S/C17H28N2O2/c1-4-19(13-7-5-6-8-13)16(12-18)15-11-14(20-2)9-10-17(15)21-3/h9-11,13,16H,4-8,12,18H2,1-3H3. The molecule has 0 aromatic heterocycles. The van der Waals surface area contributed by atoms with E-state index in [0.29, 0.717) is 12.6 Å². The van der Waals surface area contributed by atoms with E-state index in [9.17, 15) is 0 Å². The maximum atomic E-state index is 6.13. The van der Waals surface area contributed by atoms with Crippen LogP contribution in [0.25, 0.3) is 0 Å². The molecule has 0 saturated heterocycles. The molecule has 0 aliphatic heterocycles. The Morgan fingerprint density at radius 2 is 1.95 bits per heavy atom. The molecule has 1 fully saturated rings. The van der Waals surface area contributed by atoms with Crippen LogP contribution in [0, 0.1) is 0 Å². The van der Waals surface area contributed by atoms with Crippen molar-refractivity contribution in [3.63, 3.8) is 0 Å². The summed E-state index contributed by atoms with van der Waals surface area (Å²) in [6.07, 6.45) is 5.20. The second-order valence-electron chi connectivity index (χ2n) is 5.63. The third kappa shape index (κ3) is 3.50. The normalized spacial score (nSPS) is 17.2. The number of rotatable bonds is 7. The van der Waals surface area contributed by atoms with Crippen LogP contribution >= 0.6 is 0 Å². The Balaban J connectivity index is 2.33. The molecule has 1 aromatic rings. The Hall–Kier alpha value is -1.26. The summed E-state index contributed by atoms with van der Waals surface area (Å²) in [5.41, 5.74) is 7.26. The molecule has 1 unspecified atom stereocenters. The number of benzene rings is 1. The number of methoxy groups -OCH3 is 2. The molecule has 1 aliphatic carbocycles. The minimum atomic E-state index is 0.183. The van der Waals surface area contributed by atoms with Crippen LogP contribution in [0.2, 0.25) is 0 Å². The molecule has 2 N–H and O–H groups in total. The number of ether oxygens (including phenoxy) is 2. The Labute approximate surface area is 128 Å². The molecule has 0 amide bonds. The predicted molar refractivity (Wildman–Crippen MR) is 86.0 cm³/mol. The quantitative estimate of drug-likeness (QED) is 0.839. The van der Waals surface area contributed by atoms with Crippen LogP contribution in [0.15, 0.2) is 18.2 Å². The highest BCUT2D eigenvalue weighted by molar-refractivity contribution is 5.42. The molecule has 1 saturated carbocycles. The molecule has 0 heterocycles. The van der Waals surface area contributed by atoms with Crippen molar-refractivity contribution in [2.75, 3.05) is 27.3 Å². The highest BCUT2D eigenvalue weighted by atomic mass is 16.5. The van der Waals surface area contributed by atoms with Crippen molar-refractivity contribution in [2.24, 2.45) is 5.73 Å². The van der Waals surface area contributed by atoms with E-state index in [0.717, 1.165) is 23.6 Å². The van der Waals surface area contributed by atoms with Gasteiger partial charge in [0, 0.05) is 18.2 Å². The second kappa shape index (κ2) is 7.66. The third-order valence-corrected chi connectivity index (χ3v) is 4.58. The summed E-state index contributed by atoms with van der Waals surface area (Å²) in [6, 6.07) is 6.79. The zero-order chi connectivity index (χ0) is 15.2. The molecule has 118 valence electrons. The van der Waals surface area contributed by atoms with Gasteiger partial charge in [0.05, 0.1) is 20.3 Å². The first kappa shape index (κ1) is 16.1. The van der Waals surface area contributed by atoms with Crippen molar-refractivity contribution in [3.05, 3.63) is 23.8 Å². The van der Waals surface area contributed by atoms with Gasteiger partial charge in [0.15, 0.2) is 0 Å². The van der Waals surface area contributed by atoms with Crippen LogP contribution < -0.4 is 15.2 Å². The van der Waals surface area contributed by atoms with E-state index in [1.165, 1.54) is 25.7 Å². The monoisotopic (exact) mass is 292 g/mol. The fourth-order valence-corrected chi connectivity index (χ4v) is 3.51. The van der Waals surface area contributed by atoms with Gasteiger partial charge in [-0.1, -0.05) is 19.8 Å². The zero-order valence-corrected chi connectivity index (χ0v) is 13.5. The number of likely N-dealkylation sites (N-methyl/N-ethyl adjacent to an activating group) is 1. The van der Waals surface area contributed by atoms with Crippen molar-refractivity contribution in [3.8, 4) is 11.5 Å². The molecule has 0 spiro atoms. The number of hydrogen-bond donors (Lipinski definition) is 1. The molecular formula is C17H28N2O2. The zero-order valence-electron chi connectivity index (χ0n) is 13.5. The first-order valence-electron chi connectivity index (χ1n) is 7.92. The number of nitrogens with two attached hydrogens (primary N) is 1. The van der Waals surface area contributed by atoms with E-state index in [1.54, 1.807) is 14.2 Å². The van der Waals surface area contributed by atoms with Gasteiger partial charge in [0.1, 0.15) is 11.5 Å². The van der Waals surface area contributed by atoms with Crippen LogP contribution in [0.4, 0.5) is 0 Å². The molecule has 2 rings (SSSR count). The van der Waals surface area contributed by atoms with E-state index in [4.69, 9.17) is 15.2 Å². The summed E-state index contributed by atoms with van der Waals surface area (Å²) >= 11 is 0. The largest absolute Gasteiger partial charge is 0.497 e. The lowest BCUT2D eigenvalue weighted by Gasteiger charge is -2.36. The Morgan fingerprint density at radius 3 is 2.48 bits per heavy atom. The van der Waals surface area contributed by atoms with Gasteiger partial charge in [-0.3, -0.25) is 4.90 Å². The topological polar surface area (TPSA) is 47.7 Å². The third-order valence-electron chi connectivity index (χ3n) is 4.58. The summed E-state index contributed by atoms with van der Waals surface area (Å²) in [5, 5.41) is 0. The highest BCUT2D eigenvalue weighted by Gasteiger charge is 2.29. The van der Waals surface area contributed by atoms with E-state index >= 15 is 0 Å². The van der Waals surface area contributed by atoms with Gasteiger partial charge in [-0.15, -0.1) is 0 Å². The van der Waals surface area contributed by atoms with Crippen molar-refractivity contribution in [1.82, 2.24) is 4.90 Å². The van der Waals surface area contributed by atoms with Crippen LogP contribution in [0.1, 0.15) is 44.2 Å². The summed E-state index contributed by atoms with van der Waals surface area (Å²) in [7, 11) is 3.41. The van der Waals surface area contributed by atoms with Gasteiger partial charge >= 0.3 is 0 Å². The van der Waals surface area contributed by atoms with Crippen molar-refractivity contribution in [2.45, 2.75) is 44.7 Å². The molecule has 1 aromatic carbocycles. The number of nitrogens with zero attached hydrogens (tertiary/aromatic N) is 1. The summed E-state index contributed by atoms with van der Waals surface area (Å²) < 4.78 is 10.9. The van der Waals surface area contributed by atoms with Crippen molar-refractivity contribution >= 4 is 0 Å². The van der Waals surface area contributed by atoms with E-state index in [-0.39, 0.29) is 6.04 Å². The molecule has 21 heavy (non-hydrogen) atoms. The van der Waals surface area contributed by atoms with Crippen LogP contribution in [0.3, 0.4) is 0 Å². The first-order chi connectivity index (χ1) is 10.2. The van der Waals surface area contributed by atoms with Crippen LogP contribution in [-0.4, -0.2) is 38.3 Å². The Bertz CT molecular complexity index is 444. The van der Waals surface area contributed by atoms with Gasteiger partial charge < -0.3 is 15.2 Å². The van der Waals surface area contributed by atoms with Gasteiger partial charge in [-0.05, 0) is 37.6 Å². The van der Waals surface area contributed by atoms with E-state index < -0.39 is 0 Å². The lowest BCUT2D eigenvalue weighted by molar-refractivity contribution is 0.144. The van der Waals surface area contributed by atoms with Crippen molar-refractivity contribution in [1.29, 1.82) is 0 Å². The van der Waals surface area contributed by atoms with Gasteiger partial charge in [-0.2, -0.15) is 0 Å². The first-order valence-corrected chi connectivity index (χ1v) is 7.92. The Morgan fingerprint density at radius 1 is 1.24 bits per heavy atom. The average Bonchev–Trinajstić information content (AvgIpc) is 3.05. The predicted octanol–water partition coefficient (Wildman–Crippen LogP) is 2.97.